The molecule has 76 heavy (non-hydrogen) atoms. The molecule has 0 aliphatic carbocycles. The molecule has 0 aromatic heterocycles. The molecule has 0 saturated heterocycles. The maximum Gasteiger partial charge on any atom is 0.220 e. The normalized spacial score (nSPS) is 12.7. The van der Waals surface area contributed by atoms with Crippen molar-refractivity contribution in [2.75, 3.05) is 6.61 Å². The minimum Gasteiger partial charge on any atom is -0.394 e. The van der Waals surface area contributed by atoms with E-state index in [1.165, 1.54) is 353 Å². The first-order valence-corrected chi connectivity index (χ1v) is 35.5. The van der Waals surface area contributed by atoms with Gasteiger partial charge in [0.2, 0.25) is 5.91 Å². The van der Waals surface area contributed by atoms with Gasteiger partial charge in [0.25, 0.3) is 0 Å². The quantitative estimate of drug-likeness (QED) is 0.0420. The molecule has 0 saturated carbocycles. The zero-order valence-corrected chi connectivity index (χ0v) is 52.3. The third-order valence-electron chi connectivity index (χ3n) is 17.0. The van der Waals surface area contributed by atoms with Crippen LogP contribution < -0.4 is 5.32 Å². The van der Waals surface area contributed by atoms with E-state index in [0.29, 0.717) is 12.8 Å². The van der Waals surface area contributed by atoms with E-state index < -0.39 is 12.1 Å². The predicted molar refractivity (Wildman–Crippen MR) is 341 cm³/mol. The van der Waals surface area contributed by atoms with E-state index in [4.69, 9.17) is 0 Å². The van der Waals surface area contributed by atoms with Crippen LogP contribution in [0.15, 0.2) is 24.3 Å². The summed E-state index contributed by atoms with van der Waals surface area (Å²) < 4.78 is 0. The molecular weight excluding hydrogens is 927 g/mol. The fraction of sp³-hybridized carbons (Fsp3) is 0.931. The van der Waals surface area contributed by atoms with Crippen LogP contribution in [-0.4, -0.2) is 34.9 Å². The van der Waals surface area contributed by atoms with Crippen molar-refractivity contribution in [2.45, 2.75) is 424 Å². The van der Waals surface area contributed by atoms with Crippen molar-refractivity contribution in [3.05, 3.63) is 24.3 Å². The van der Waals surface area contributed by atoms with E-state index >= 15 is 0 Å². The van der Waals surface area contributed by atoms with Gasteiger partial charge in [0.1, 0.15) is 0 Å². The van der Waals surface area contributed by atoms with Gasteiger partial charge in [0.15, 0.2) is 0 Å². The third kappa shape index (κ3) is 63.7. The summed E-state index contributed by atoms with van der Waals surface area (Å²) in [5, 5.41) is 23.5. The highest BCUT2D eigenvalue weighted by Gasteiger charge is 2.20. The Morgan fingerprint density at radius 2 is 0.539 bits per heavy atom. The Hall–Kier alpha value is -1.13. The van der Waals surface area contributed by atoms with Gasteiger partial charge >= 0.3 is 0 Å². The highest BCUT2D eigenvalue weighted by molar-refractivity contribution is 5.76. The number of aliphatic hydroxyl groups is 2. The molecular formula is C72H141NO3. The first-order chi connectivity index (χ1) is 37.7. The molecule has 0 aliphatic rings. The van der Waals surface area contributed by atoms with Gasteiger partial charge in [0, 0.05) is 6.42 Å². The smallest absolute Gasteiger partial charge is 0.220 e. The first kappa shape index (κ1) is 74.9. The van der Waals surface area contributed by atoms with Crippen LogP contribution in [0.5, 0.6) is 0 Å². The highest BCUT2D eigenvalue weighted by Crippen LogP contribution is 2.20. The Morgan fingerprint density at radius 1 is 0.316 bits per heavy atom. The van der Waals surface area contributed by atoms with Gasteiger partial charge in [-0.2, -0.15) is 0 Å². The summed E-state index contributed by atoms with van der Waals surface area (Å²) in [5.41, 5.74) is 0. The second-order valence-corrected chi connectivity index (χ2v) is 24.7. The molecule has 4 heteroatoms. The molecule has 0 spiro atoms. The monoisotopic (exact) mass is 1070 g/mol. The van der Waals surface area contributed by atoms with Crippen LogP contribution in [0.1, 0.15) is 412 Å². The standard InChI is InChI=1S/C72H141NO3/c1-3-5-7-9-11-13-15-17-19-21-23-25-27-29-31-33-35-36-38-39-41-43-45-47-49-51-53-55-57-59-61-63-65-67-71(75)70(69-74)73-72(76)68-66-64-62-60-58-56-54-52-50-48-46-44-42-40-37-34-32-30-28-26-24-22-20-18-16-14-12-10-8-6-4-2/h16,18,22,24,70-71,74-75H,3-15,17,19-21,23,25-69H2,1-2H3,(H,73,76)/b18-16-,24-22-. The van der Waals surface area contributed by atoms with Gasteiger partial charge < -0.3 is 15.5 Å². The molecule has 0 bridgehead atoms. The SMILES string of the molecule is CCCCCCC/C=C\C/C=C\CCCCCCCCCCCCCCCCCCCCCC(=O)NC(CO)C(O)CCCCCCCCCCCCCCCCCCCCCCCCCCCCCCCCCCC. The maximum atomic E-state index is 12.6. The number of allylic oxidation sites excluding steroid dienone is 4. The summed E-state index contributed by atoms with van der Waals surface area (Å²) in [7, 11) is 0. The highest BCUT2D eigenvalue weighted by atomic mass is 16.3. The van der Waals surface area contributed by atoms with Crippen molar-refractivity contribution in [2.24, 2.45) is 0 Å². The van der Waals surface area contributed by atoms with Crippen LogP contribution >= 0.6 is 0 Å². The molecule has 2 atom stereocenters. The molecule has 452 valence electrons. The van der Waals surface area contributed by atoms with Crippen LogP contribution in [-0.2, 0) is 4.79 Å². The van der Waals surface area contributed by atoms with Crippen molar-refractivity contribution in [1.82, 2.24) is 5.32 Å². The van der Waals surface area contributed by atoms with Gasteiger partial charge in [0.05, 0.1) is 18.8 Å². The van der Waals surface area contributed by atoms with Crippen LogP contribution in [0.4, 0.5) is 0 Å². The number of hydrogen-bond acceptors (Lipinski definition) is 3. The number of rotatable bonds is 67. The number of aliphatic hydroxyl groups excluding tert-OH is 2. The Morgan fingerprint density at radius 3 is 0.789 bits per heavy atom. The second kappa shape index (κ2) is 68.1. The van der Waals surface area contributed by atoms with Gasteiger partial charge in [-0.05, 0) is 44.9 Å². The topological polar surface area (TPSA) is 69.6 Å². The Kier molecular flexibility index (Phi) is 67.1. The average Bonchev–Trinajstić information content (AvgIpc) is 3.42. The van der Waals surface area contributed by atoms with Gasteiger partial charge in [-0.3, -0.25) is 4.79 Å². The summed E-state index contributed by atoms with van der Waals surface area (Å²) in [4.78, 5) is 12.6. The lowest BCUT2D eigenvalue weighted by Crippen LogP contribution is -2.45. The zero-order chi connectivity index (χ0) is 54.8. The molecule has 0 radical (unpaired) electrons. The minimum absolute atomic E-state index is 0.0221. The first-order valence-electron chi connectivity index (χ1n) is 35.5. The van der Waals surface area contributed by atoms with E-state index in [-0.39, 0.29) is 12.5 Å². The van der Waals surface area contributed by atoms with Crippen LogP contribution in [0.25, 0.3) is 0 Å². The Balaban J connectivity index is 3.37. The van der Waals surface area contributed by atoms with Crippen molar-refractivity contribution in [3.63, 3.8) is 0 Å². The number of nitrogens with one attached hydrogen (secondary N) is 1. The number of carbonyl (C=O) groups is 1. The number of carbonyl (C=O) groups excluding carboxylic acids is 1. The zero-order valence-electron chi connectivity index (χ0n) is 52.3. The number of amides is 1. The molecule has 0 rings (SSSR count). The number of hydrogen-bond donors (Lipinski definition) is 3. The molecule has 0 fully saturated rings. The summed E-state index contributed by atoms with van der Waals surface area (Å²) >= 11 is 0. The van der Waals surface area contributed by atoms with E-state index in [9.17, 15) is 15.0 Å². The summed E-state index contributed by atoms with van der Waals surface area (Å²) in [6, 6.07) is -0.536. The molecule has 0 aromatic carbocycles. The van der Waals surface area contributed by atoms with E-state index in [2.05, 4.69) is 43.5 Å². The average molecular weight is 1070 g/mol. The van der Waals surface area contributed by atoms with Crippen LogP contribution in [0.3, 0.4) is 0 Å². The Labute approximate surface area is 479 Å². The van der Waals surface area contributed by atoms with Crippen LogP contribution in [0, 0.1) is 0 Å². The Bertz CT molecular complexity index is 1120. The molecule has 0 aliphatic heterocycles. The van der Waals surface area contributed by atoms with Gasteiger partial charge in [-0.25, -0.2) is 0 Å². The largest absolute Gasteiger partial charge is 0.394 e. The van der Waals surface area contributed by atoms with Crippen LogP contribution in [0.2, 0.25) is 0 Å². The van der Waals surface area contributed by atoms with E-state index in [0.717, 1.165) is 32.1 Å². The van der Waals surface area contributed by atoms with Crippen molar-refractivity contribution in [1.29, 1.82) is 0 Å². The third-order valence-corrected chi connectivity index (χ3v) is 17.0. The van der Waals surface area contributed by atoms with E-state index in [1.54, 1.807) is 0 Å². The fourth-order valence-electron chi connectivity index (χ4n) is 11.6. The molecule has 3 N–H and O–H groups in total. The fourth-order valence-corrected chi connectivity index (χ4v) is 11.6. The lowest BCUT2D eigenvalue weighted by molar-refractivity contribution is -0.123. The van der Waals surface area contributed by atoms with Crippen molar-refractivity contribution >= 4 is 5.91 Å². The summed E-state index contributed by atoms with van der Waals surface area (Å²) in [6.45, 7) is 4.40. The molecule has 0 heterocycles. The lowest BCUT2D eigenvalue weighted by Gasteiger charge is -2.22. The van der Waals surface area contributed by atoms with Crippen molar-refractivity contribution < 1.29 is 15.0 Å². The van der Waals surface area contributed by atoms with Crippen molar-refractivity contribution in [3.8, 4) is 0 Å². The number of unbranched alkanes of at least 4 members (excludes halogenated alkanes) is 56. The van der Waals surface area contributed by atoms with Gasteiger partial charge in [-0.1, -0.05) is 385 Å². The maximum absolute atomic E-state index is 12.6. The van der Waals surface area contributed by atoms with E-state index in [1.807, 2.05) is 0 Å². The summed E-state index contributed by atoms with van der Waals surface area (Å²) in [6.07, 6.45) is 92.4. The predicted octanol–water partition coefficient (Wildman–Crippen LogP) is 24.2. The molecule has 1 amide bonds. The minimum atomic E-state index is -0.659. The molecule has 2 unspecified atom stereocenters. The lowest BCUT2D eigenvalue weighted by atomic mass is 10.0. The van der Waals surface area contributed by atoms with Gasteiger partial charge in [-0.15, -0.1) is 0 Å². The molecule has 4 nitrogen and oxygen atoms in total. The summed E-state index contributed by atoms with van der Waals surface area (Å²) in [5.74, 6) is -0.0221. The molecule has 0 aromatic rings. The second-order valence-electron chi connectivity index (χ2n) is 24.7.